The van der Waals surface area contributed by atoms with Crippen LogP contribution < -0.4 is 0 Å². The molecule has 0 N–H and O–H groups in total. The van der Waals surface area contributed by atoms with Gasteiger partial charge in [0.2, 0.25) is 0 Å². The maximum absolute atomic E-state index is 11.4. The van der Waals surface area contributed by atoms with Crippen LogP contribution >= 0.6 is 0 Å². The maximum Gasteiger partial charge on any atom is 0.130 e. The van der Waals surface area contributed by atoms with Gasteiger partial charge in [0.05, 0.1) is 17.3 Å². The summed E-state index contributed by atoms with van der Waals surface area (Å²) < 4.78 is 12.0. The fourth-order valence-corrected chi connectivity index (χ4v) is 3.26. The summed E-state index contributed by atoms with van der Waals surface area (Å²) in [7, 11) is 0. The van der Waals surface area contributed by atoms with Crippen molar-refractivity contribution >= 4 is 5.78 Å². The van der Waals surface area contributed by atoms with Gasteiger partial charge in [0.1, 0.15) is 5.78 Å². The van der Waals surface area contributed by atoms with Gasteiger partial charge < -0.3 is 14.3 Å². The largest absolute Gasteiger partial charge is 0.379 e. The van der Waals surface area contributed by atoms with Gasteiger partial charge in [-0.1, -0.05) is 13.8 Å². The Hall–Kier alpha value is -0.410. The van der Waals surface area contributed by atoms with Gasteiger partial charge in [-0.25, -0.2) is 0 Å². The van der Waals surface area contributed by atoms with Gasteiger partial charge in [-0.05, 0) is 66.7 Å². The van der Waals surface area contributed by atoms with Gasteiger partial charge in [-0.15, -0.1) is 0 Å². The van der Waals surface area contributed by atoms with Gasteiger partial charge in [0.25, 0.3) is 0 Å². The van der Waals surface area contributed by atoms with Crippen LogP contribution in [-0.4, -0.2) is 29.7 Å². The van der Waals surface area contributed by atoms with Crippen molar-refractivity contribution < 1.29 is 14.3 Å². The summed E-state index contributed by atoms with van der Waals surface area (Å²) in [6, 6.07) is 0. The van der Waals surface area contributed by atoms with Crippen LogP contribution in [0.15, 0.2) is 0 Å². The molecule has 0 aliphatic rings. The topological polar surface area (TPSA) is 35.5 Å². The first-order valence-electron chi connectivity index (χ1n) is 8.06. The highest BCUT2D eigenvalue weighted by Crippen LogP contribution is 2.36. The van der Waals surface area contributed by atoms with Gasteiger partial charge in [-0.2, -0.15) is 0 Å². The van der Waals surface area contributed by atoms with E-state index in [1.54, 1.807) is 6.92 Å². The highest BCUT2D eigenvalue weighted by atomic mass is 16.5. The molecule has 0 aromatic heterocycles. The number of carbonyl (C=O) groups excluding carboxylic acids is 1. The van der Waals surface area contributed by atoms with Crippen LogP contribution in [0.2, 0.25) is 0 Å². The summed E-state index contributed by atoms with van der Waals surface area (Å²) in [5.74, 6) is 0.236. The lowest BCUT2D eigenvalue weighted by atomic mass is 9.78. The second-order valence-corrected chi connectivity index (χ2v) is 8.51. The van der Waals surface area contributed by atoms with Gasteiger partial charge in [-0.3, -0.25) is 0 Å². The molecule has 0 rings (SSSR count). The normalized spacial score (nSPS) is 13.8. The molecule has 0 amide bonds. The number of hydrogen-bond acceptors (Lipinski definition) is 3. The Bertz CT molecular complexity index is 327. The van der Waals surface area contributed by atoms with E-state index < -0.39 is 0 Å². The highest BCUT2D eigenvalue weighted by molar-refractivity contribution is 5.76. The van der Waals surface area contributed by atoms with E-state index in [2.05, 4.69) is 41.5 Å². The lowest BCUT2D eigenvalue weighted by molar-refractivity contribution is -0.149. The van der Waals surface area contributed by atoms with Crippen molar-refractivity contribution in [3.8, 4) is 0 Å². The minimum absolute atomic E-state index is 0.0418. The third-order valence-corrected chi connectivity index (χ3v) is 3.34. The highest BCUT2D eigenvalue weighted by Gasteiger charge is 2.35. The molecule has 0 aromatic rings. The number of ether oxygens (including phenoxy) is 2. The standard InChI is InChI=1S/C18H36O3/c1-14(2)20-11-10-17(6,7)21-18(8,9)13-16(4,5)12-15(3)19/h14H,10-13H2,1-9H3. The molecular formula is C18H36O3. The summed E-state index contributed by atoms with van der Waals surface area (Å²) in [6.07, 6.45) is 2.57. The average molecular weight is 300 g/mol. The molecule has 0 aromatic carbocycles. The molecule has 0 spiro atoms. The van der Waals surface area contributed by atoms with Crippen LogP contribution in [0.1, 0.15) is 81.6 Å². The fraction of sp³-hybridized carbons (Fsp3) is 0.944. The second kappa shape index (κ2) is 7.73. The van der Waals surface area contributed by atoms with Crippen LogP contribution in [0.25, 0.3) is 0 Å². The zero-order chi connectivity index (χ0) is 16.9. The molecule has 0 bridgehead atoms. The Morgan fingerprint density at radius 2 is 1.52 bits per heavy atom. The first-order chi connectivity index (χ1) is 9.25. The molecule has 0 aliphatic carbocycles. The fourth-order valence-electron chi connectivity index (χ4n) is 3.26. The summed E-state index contributed by atoms with van der Waals surface area (Å²) >= 11 is 0. The molecule has 0 aliphatic heterocycles. The van der Waals surface area contributed by atoms with Crippen molar-refractivity contribution in [3.63, 3.8) is 0 Å². The number of ketones is 1. The zero-order valence-corrected chi connectivity index (χ0v) is 15.6. The summed E-state index contributed by atoms with van der Waals surface area (Å²) in [5, 5.41) is 0. The SMILES string of the molecule is CC(=O)CC(C)(C)CC(C)(C)OC(C)(C)CCOC(C)C. The first-order valence-corrected chi connectivity index (χ1v) is 8.06. The maximum atomic E-state index is 11.4. The van der Waals surface area contributed by atoms with Crippen molar-refractivity contribution in [2.75, 3.05) is 6.61 Å². The van der Waals surface area contributed by atoms with Crippen LogP contribution in [0.3, 0.4) is 0 Å². The Labute approximate surface area is 131 Å². The quantitative estimate of drug-likeness (QED) is 0.583. The molecule has 0 heterocycles. The van der Waals surface area contributed by atoms with Crippen LogP contribution in [0, 0.1) is 5.41 Å². The van der Waals surface area contributed by atoms with E-state index >= 15 is 0 Å². The Morgan fingerprint density at radius 1 is 1.00 bits per heavy atom. The molecule has 0 saturated heterocycles. The molecule has 0 fully saturated rings. The molecule has 126 valence electrons. The van der Waals surface area contributed by atoms with E-state index in [1.807, 2.05) is 13.8 Å². The summed E-state index contributed by atoms with van der Waals surface area (Å²) in [6.45, 7) is 19.2. The third-order valence-electron chi connectivity index (χ3n) is 3.34. The molecule has 21 heavy (non-hydrogen) atoms. The number of carbonyl (C=O) groups is 1. The molecular weight excluding hydrogens is 264 g/mol. The van der Waals surface area contributed by atoms with E-state index in [-0.39, 0.29) is 28.5 Å². The van der Waals surface area contributed by atoms with Crippen molar-refractivity contribution in [2.24, 2.45) is 5.41 Å². The minimum Gasteiger partial charge on any atom is -0.379 e. The number of hydrogen-bond donors (Lipinski definition) is 0. The predicted molar refractivity (Wildman–Crippen MR) is 88.6 cm³/mol. The van der Waals surface area contributed by atoms with E-state index in [1.165, 1.54) is 0 Å². The number of Topliss-reactive ketones (excluding diaryl/α,β-unsaturated/α-hetero) is 1. The van der Waals surface area contributed by atoms with Crippen molar-refractivity contribution in [2.45, 2.75) is 98.9 Å². The van der Waals surface area contributed by atoms with Gasteiger partial charge >= 0.3 is 0 Å². The second-order valence-electron chi connectivity index (χ2n) is 8.51. The monoisotopic (exact) mass is 300 g/mol. The Balaban J connectivity index is 4.52. The van der Waals surface area contributed by atoms with E-state index in [4.69, 9.17) is 9.47 Å². The molecule has 0 radical (unpaired) electrons. The Kier molecular flexibility index (Phi) is 7.58. The lowest BCUT2D eigenvalue weighted by Crippen LogP contribution is -2.41. The molecule has 3 nitrogen and oxygen atoms in total. The number of rotatable bonds is 10. The Morgan fingerprint density at radius 3 is 1.95 bits per heavy atom. The smallest absolute Gasteiger partial charge is 0.130 e. The molecule has 0 atom stereocenters. The zero-order valence-electron chi connectivity index (χ0n) is 15.6. The summed E-state index contributed by atoms with van der Waals surface area (Å²) in [5.41, 5.74) is -0.537. The average Bonchev–Trinajstić information content (AvgIpc) is 2.08. The van der Waals surface area contributed by atoms with Crippen molar-refractivity contribution in [1.29, 1.82) is 0 Å². The van der Waals surface area contributed by atoms with Crippen molar-refractivity contribution in [1.82, 2.24) is 0 Å². The van der Waals surface area contributed by atoms with E-state index in [9.17, 15) is 4.79 Å². The molecule has 0 unspecified atom stereocenters. The third kappa shape index (κ3) is 10.9. The lowest BCUT2D eigenvalue weighted by Gasteiger charge is -2.40. The first kappa shape index (κ1) is 20.6. The minimum atomic E-state index is -0.264. The van der Waals surface area contributed by atoms with Crippen molar-refractivity contribution in [3.05, 3.63) is 0 Å². The van der Waals surface area contributed by atoms with E-state index in [0.717, 1.165) is 12.8 Å². The van der Waals surface area contributed by atoms with Crippen LogP contribution in [0.5, 0.6) is 0 Å². The van der Waals surface area contributed by atoms with Crippen LogP contribution in [0.4, 0.5) is 0 Å². The molecule has 3 heteroatoms. The van der Waals surface area contributed by atoms with E-state index in [0.29, 0.717) is 13.0 Å². The molecule has 0 saturated carbocycles. The van der Waals surface area contributed by atoms with Gasteiger partial charge in [0.15, 0.2) is 0 Å². The van der Waals surface area contributed by atoms with Crippen LogP contribution in [-0.2, 0) is 14.3 Å². The van der Waals surface area contributed by atoms with Gasteiger partial charge in [0, 0.05) is 13.0 Å². The summed E-state index contributed by atoms with van der Waals surface area (Å²) in [4.78, 5) is 11.4. The predicted octanol–water partition coefficient (Wildman–Crippen LogP) is 4.77.